The summed E-state index contributed by atoms with van der Waals surface area (Å²) in [5.41, 5.74) is 0.815. The number of aliphatic hydroxyl groups excluding tert-OH is 1. The van der Waals surface area contributed by atoms with Gasteiger partial charge >= 0.3 is 0 Å². The Morgan fingerprint density at radius 3 is 3.00 bits per heavy atom. The maximum atomic E-state index is 9.46. The summed E-state index contributed by atoms with van der Waals surface area (Å²) in [6.07, 6.45) is 7.48. The molecule has 0 saturated carbocycles. The van der Waals surface area contributed by atoms with E-state index in [9.17, 15) is 5.11 Å². The number of hydrogen-bond donors (Lipinski definition) is 2. The van der Waals surface area contributed by atoms with Crippen molar-refractivity contribution in [3.05, 3.63) is 30.4 Å². The normalized spacial score (nSPS) is 14.8. The molecule has 0 saturated heterocycles. The summed E-state index contributed by atoms with van der Waals surface area (Å²) < 4.78 is 1.96. The SMILES string of the molecule is CCCC(C)(CO)NCc1cnc2ncccn12. The zero-order valence-corrected chi connectivity index (χ0v) is 10.9. The van der Waals surface area contributed by atoms with Gasteiger partial charge in [0.1, 0.15) is 0 Å². The van der Waals surface area contributed by atoms with Crippen molar-refractivity contribution >= 4 is 5.78 Å². The summed E-state index contributed by atoms with van der Waals surface area (Å²) in [4.78, 5) is 8.42. The molecular weight excluding hydrogens is 228 g/mol. The predicted molar refractivity (Wildman–Crippen MR) is 70.2 cm³/mol. The Morgan fingerprint density at radius 2 is 2.28 bits per heavy atom. The number of imidazole rings is 1. The maximum absolute atomic E-state index is 9.46. The number of nitrogens with zero attached hydrogens (tertiary/aromatic N) is 3. The number of rotatable bonds is 6. The van der Waals surface area contributed by atoms with Gasteiger partial charge in [-0.25, -0.2) is 9.97 Å². The highest BCUT2D eigenvalue weighted by Gasteiger charge is 2.21. The standard InChI is InChI=1S/C13H20N4O/c1-3-5-13(2,10-18)16-9-11-8-15-12-14-6-4-7-17(11)12/h4,6-8,16,18H,3,5,9-10H2,1-2H3. The second kappa shape index (κ2) is 5.46. The van der Waals surface area contributed by atoms with Gasteiger partial charge in [-0.2, -0.15) is 0 Å². The van der Waals surface area contributed by atoms with E-state index < -0.39 is 0 Å². The van der Waals surface area contributed by atoms with Crippen LogP contribution in [0.2, 0.25) is 0 Å². The molecule has 0 aromatic carbocycles. The van der Waals surface area contributed by atoms with Crippen molar-refractivity contribution in [2.75, 3.05) is 6.61 Å². The molecule has 2 aromatic rings. The van der Waals surface area contributed by atoms with Crippen LogP contribution in [0.1, 0.15) is 32.4 Å². The van der Waals surface area contributed by atoms with Crippen LogP contribution in [-0.4, -0.2) is 31.6 Å². The first-order valence-electron chi connectivity index (χ1n) is 6.31. The topological polar surface area (TPSA) is 62.5 Å². The third kappa shape index (κ3) is 2.68. The Hall–Kier alpha value is -1.46. The quantitative estimate of drug-likeness (QED) is 0.810. The number of nitrogens with one attached hydrogen (secondary N) is 1. The van der Waals surface area contributed by atoms with Crippen LogP contribution in [0.5, 0.6) is 0 Å². The second-order valence-electron chi connectivity index (χ2n) is 4.86. The smallest absolute Gasteiger partial charge is 0.233 e. The lowest BCUT2D eigenvalue weighted by molar-refractivity contribution is 0.163. The summed E-state index contributed by atoms with van der Waals surface area (Å²) in [6.45, 7) is 4.96. The molecule has 1 unspecified atom stereocenters. The fraction of sp³-hybridized carbons (Fsp3) is 0.538. The first-order valence-corrected chi connectivity index (χ1v) is 6.31. The van der Waals surface area contributed by atoms with Crippen LogP contribution in [0.4, 0.5) is 0 Å². The first-order chi connectivity index (χ1) is 8.68. The molecule has 5 heteroatoms. The average molecular weight is 248 g/mol. The molecule has 98 valence electrons. The van der Waals surface area contributed by atoms with E-state index in [1.54, 1.807) is 6.20 Å². The minimum absolute atomic E-state index is 0.135. The molecule has 0 aliphatic carbocycles. The monoisotopic (exact) mass is 248 g/mol. The third-order valence-electron chi connectivity index (χ3n) is 3.21. The van der Waals surface area contributed by atoms with Gasteiger partial charge in [-0.3, -0.25) is 4.40 Å². The molecule has 0 spiro atoms. The van der Waals surface area contributed by atoms with Gasteiger partial charge in [0.05, 0.1) is 18.5 Å². The average Bonchev–Trinajstić information content (AvgIpc) is 2.80. The van der Waals surface area contributed by atoms with Crippen LogP contribution in [0.3, 0.4) is 0 Å². The molecule has 0 fully saturated rings. The van der Waals surface area contributed by atoms with Crippen molar-refractivity contribution in [2.45, 2.75) is 38.8 Å². The minimum atomic E-state index is -0.235. The fourth-order valence-electron chi connectivity index (χ4n) is 2.09. The van der Waals surface area contributed by atoms with E-state index in [-0.39, 0.29) is 12.1 Å². The molecule has 2 heterocycles. The van der Waals surface area contributed by atoms with Crippen molar-refractivity contribution < 1.29 is 5.11 Å². The van der Waals surface area contributed by atoms with Gasteiger partial charge in [0.2, 0.25) is 5.78 Å². The van der Waals surface area contributed by atoms with Gasteiger partial charge in [-0.05, 0) is 19.4 Å². The molecule has 5 nitrogen and oxygen atoms in total. The van der Waals surface area contributed by atoms with Gasteiger partial charge in [-0.1, -0.05) is 13.3 Å². The highest BCUT2D eigenvalue weighted by molar-refractivity contribution is 5.30. The number of aromatic nitrogens is 3. The molecule has 18 heavy (non-hydrogen) atoms. The number of aliphatic hydroxyl groups is 1. The largest absolute Gasteiger partial charge is 0.394 e. The zero-order valence-electron chi connectivity index (χ0n) is 10.9. The molecule has 2 rings (SSSR count). The molecule has 0 aliphatic rings. The van der Waals surface area contributed by atoms with Crippen LogP contribution < -0.4 is 5.32 Å². The van der Waals surface area contributed by atoms with E-state index in [0.29, 0.717) is 12.3 Å². The summed E-state index contributed by atoms with van der Waals surface area (Å²) in [6, 6.07) is 1.88. The van der Waals surface area contributed by atoms with E-state index in [2.05, 4.69) is 22.2 Å². The fourth-order valence-corrected chi connectivity index (χ4v) is 2.09. The molecule has 0 bridgehead atoms. The molecule has 2 N–H and O–H groups in total. The summed E-state index contributed by atoms with van der Waals surface area (Å²) >= 11 is 0. The minimum Gasteiger partial charge on any atom is -0.394 e. The van der Waals surface area contributed by atoms with Gasteiger partial charge in [0.25, 0.3) is 0 Å². The summed E-state index contributed by atoms with van der Waals surface area (Å²) in [7, 11) is 0. The van der Waals surface area contributed by atoms with Gasteiger partial charge in [-0.15, -0.1) is 0 Å². The lowest BCUT2D eigenvalue weighted by Gasteiger charge is -2.28. The lowest BCUT2D eigenvalue weighted by Crippen LogP contribution is -2.45. The Labute approximate surface area is 107 Å². The van der Waals surface area contributed by atoms with Gasteiger partial charge in [0.15, 0.2) is 0 Å². The molecular formula is C13H20N4O. The van der Waals surface area contributed by atoms with Crippen LogP contribution >= 0.6 is 0 Å². The van der Waals surface area contributed by atoms with Crippen LogP contribution in [0.15, 0.2) is 24.7 Å². The van der Waals surface area contributed by atoms with Gasteiger partial charge < -0.3 is 10.4 Å². The highest BCUT2D eigenvalue weighted by Crippen LogP contribution is 2.13. The Balaban J connectivity index is 2.10. The van der Waals surface area contributed by atoms with Crippen molar-refractivity contribution in [3.63, 3.8) is 0 Å². The zero-order chi connectivity index (χ0) is 13.0. The maximum Gasteiger partial charge on any atom is 0.233 e. The number of hydrogen-bond acceptors (Lipinski definition) is 4. The van der Waals surface area contributed by atoms with E-state index in [4.69, 9.17) is 0 Å². The van der Waals surface area contributed by atoms with E-state index >= 15 is 0 Å². The first kappa shape index (κ1) is 13.0. The van der Waals surface area contributed by atoms with Crippen molar-refractivity contribution in [3.8, 4) is 0 Å². The summed E-state index contributed by atoms with van der Waals surface area (Å²) in [5.74, 6) is 0.704. The molecule has 2 aromatic heterocycles. The van der Waals surface area contributed by atoms with Crippen LogP contribution in [-0.2, 0) is 6.54 Å². The predicted octanol–water partition coefficient (Wildman–Crippen LogP) is 1.37. The Bertz CT molecular complexity index is 510. The highest BCUT2D eigenvalue weighted by atomic mass is 16.3. The van der Waals surface area contributed by atoms with Crippen molar-refractivity contribution in [1.82, 2.24) is 19.7 Å². The Morgan fingerprint density at radius 1 is 1.44 bits per heavy atom. The third-order valence-corrected chi connectivity index (χ3v) is 3.21. The van der Waals surface area contributed by atoms with Crippen LogP contribution in [0, 0.1) is 0 Å². The molecule has 0 amide bonds. The molecule has 0 radical (unpaired) electrons. The number of fused-ring (bicyclic) bond motifs is 1. The summed E-state index contributed by atoms with van der Waals surface area (Å²) in [5, 5.41) is 12.9. The molecule has 1 atom stereocenters. The van der Waals surface area contributed by atoms with E-state index in [1.807, 2.05) is 29.8 Å². The van der Waals surface area contributed by atoms with Crippen molar-refractivity contribution in [1.29, 1.82) is 0 Å². The van der Waals surface area contributed by atoms with Gasteiger partial charge in [0, 0.05) is 24.5 Å². The second-order valence-corrected chi connectivity index (χ2v) is 4.86. The lowest BCUT2D eigenvalue weighted by atomic mass is 9.97. The van der Waals surface area contributed by atoms with E-state index in [1.165, 1.54) is 0 Å². The Kier molecular flexibility index (Phi) is 3.93. The van der Waals surface area contributed by atoms with Crippen LogP contribution in [0.25, 0.3) is 5.78 Å². The molecule has 0 aliphatic heterocycles. The van der Waals surface area contributed by atoms with Crippen molar-refractivity contribution in [2.24, 2.45) is 0 Å². The van der Waals surface area contributed by atoms with E-state index in [0.717, 1.165) is 18.5 Å².